The van der Waals surface area contributed by atoms with Crippen molar-refractivity contribution in [1.29, 1.82) is 0 Å². The van der Waals surface area contributed by atoms with Crippen molar-refractivity contribution in [2.45, 2.75) is 64.6 Å². The quantitative estimate of drug-likeness (QED) is 0.758. The molecule has 1 aromatic rings. The predicted molar refractivity (Wildman–Crippen MR) is 85.9 cm³/mol. The van der Waals surface area contributed by atoms with Crippen LogP contribution in [0.15, 0.2) is 12.5 Å². The molecule has 1 aliphatic carbocycles. The van der Waals surface area contributed by atoms with Crippen LogP contribution in [0.1, 0.15) is 52.1 Å². The molecule has 0 radical (unpaired) electrons. The fourth-order valence-corrected chi connectivity index (χ4v) is 2.25. The molecule has 124 valence electrons. The Morgan fingerprint density at radius 3 is 2.82 bits per heavy atom. The molecule has 2 rings (SSSR count). The third-order valence-electron chi connectivity index (χ3n) is 3.42. The lowest BCUT2D eigenvalue weighted by Crippen LogP contribution is -2.39. The normalized spacial score (nSPS) is 16.4. The van der Waals surface area contributed by atoms with Crippen LogP contribution < -0.4 is 10.6 Å². The van der Waals surface area contributed by atoms with Gasteiger partial charge in [0.1, 0.15) is 5.60 Å². The molecule has 0 bridgehead atoms. The highest BCUT2D eigenvalue weighted by molar-refractivity contribution is 5.67. The molecule has 6 heteroatoms. The molecule has 1 fully saturated rings. The van der Waals surface area contributed by atoms with E-state index in [0.29, 0.717) is 25.0 Å². The first-order valence-electron chi connectivity index (χ1n) is 8.05. The van der Waals surface area contributed by atoms with Crippen molar-refractivity contribution in [3.63, 3.8) is 0 Å². The van der Waals surface area contributed by atoms with E-state index in [1.54, 1.807) is 0 Å². The third kappa shape index (κ3) is 6.05. The van der Waals surface area contributed by atoms with E-state index in [4.69, 9.17) is 4.74 Å². The van der Waals surface area contributed by atoms with Gasteiger partial charge in [-0.2, -0.15) is 0 Å². The number of ether oxygens (including phenoxy) is 1. The summed E-state index contributed by atoms with van der Waals surface area (Å²) in [6, 6.07) is 0.321. The average Bonchev–Trinajstić information content (AvgIpc) is 3.14. The number of hydrogen-bond donors (Lipinski definition) is 2. The fourth-order valence-electron chi connectivity index (χ4n) is 2.25. The molecular weight excluding hydrogens is 280 g/mol. The summed E-state index contributed by atoms with van der Waals surface area (Å²) in [5, 5.41) is 6.13. The van der Waals surface area contributed by atoms with Crippen molar-refractivity contribution >= 4 is 6.09 Å². The second kappa shape index (κ2) is 7.13. The van der Waals surface area contributed by atoms with Gasteiger partial charge in [0.05, 0.1) is 12.0 Å². The molecule has 2 N–H and O–H groups in total. The van der Waals surface area contributed by atoms with Gasteiger partial charge in [0.2, 0.25) is 0 Å². The maximum absolute atomic E-state index is 11.5. The Balaban J connectivity index is 1.59. The van der Waals surface area contributed by atoms with E-state index < -0.39 is 5.60 Å². The van der Waals surface area contributed by atoms with Gasteiger partial charge in [0.15, 0.2) is 0 Å². The second-order valence-corrected chi connectivity index (χ2v) is 7.05. The van der Waals surface area contributed by atoms with E-state index in [1.807, 2.05) is 27.1 Å². The average molecular weight is 308 g/mol. The summed E-state index contributed by atoms with van der Waals surface area (Å²) in [5.74, 6) is 0.697. The van der Waals surface area contributed by atoms with E-state index in [0.717, 1.165) is 6.54 Å². The number of alkyl carbamates (subject to hydrolysis) is 1. The first kappa shape index (κ1) is 16.8. The van der Waals surface area contributed by atoms with Gasteiger partial charge in [0, 0.05) is 37.8 Å². The Kier molecular flexibility index (Phi) is 5.45. The minimum Gasteiger partial charge on any atom is -0.444 e. The summed E-state index contributed by atoms with van der Waals surface area (Å²) in [4.78, 5) is 15.9. The summed E-state index contributed by atoms with van der Waals surface area (Å²) in [7, 11) is 0. The number of aromatic nitrogens is 2. The molecule has 0 spiro atoms. The summed E-state index contributed by atoms with van der Waals surface area (Å²) in [6.45, 7) is 9.84. The van der Waals surface area contributed by atoms with Crippen LogP contribution in [0.3, 0.4) is 0 Å². The highest BCUT2D eigenvalue weighted by Crippen LogP contribution is 2.38. The van der Waals surface area contributed by atoms with Crippen LogP contribution in [-0.2, 0) is 11.3 Å². The summed E-state index contributed by atoms with van der Waals surface area (Å²) in [6.07, 6.45) is 6.24. The number of carbonyl (C=O) groups excluding carboxylic acids is 1. The van der Waals surface area contributed by atoms with Gasteiger partial charge in [-0.3, -0.25) is 0 Å². The van der Waals surface area contributed by atoms with Crippen molar-refractivity contribution in [1.82, 2.24) is 20.2 Å². The molecule has 1 heterocycles. The van der Waals surface area contributed by atoms with Crippen LogP contribution in [0.25, 0.3) is 0 Å². The standard InChI is InChI=1S/C16H28N4O2/c1-12(9-20-10-14(19-11-20)13-5-6-13)17-7-8-18-15(21)22-16(2,3)4/h10-13,17H,5-9H2,1-4H3,(H,18,21)/t12-/m1/s1. The van der Waals surface area contributed by atoms with Gasteiger partial charge in [-0.25, -0.2) is 9.78 Å². The van der Waals surface area contributed by atoms with Gasteiger partial charge in [-0.1, -0.05) is 0 Å². The number of amides is 1. The lowest BCUT2D eigenvalue weighted by Gasteiger charge is -2.20. The third-order valence-corrected chi connectivity index (χ3v) is 3.42. The van der Waals surface area contributed by atoms with Gasteiger partial charge in [-0.15, -0.1) is 0 Å². The maximum Gasteiger partial charge on any atom is 0.407 e. The largest absolute Gasteiger partial charge is 0.444 e. The monoisotopic (exact) mass is 308 g/mol. The lowest BCUT2D eigenvalue weighted by molar-refractivity contribution is 0.0528. The molecule has 6 nitrogen and oxygen atoms in total. The zero-order chi connectivity index (χ0) is 16.2. The van der Waals surface area contributed by atoms with Crippen molar-refractivity contribution < 1.29 is 9.53 Å². The predicted octanol–water partition coefficient (Wildman–Crippen LogP) is 2.26. The molecule has 1 amide bonds. The summed E-state index contributed by atoms with van der Waals surface area (Å²) in [5.41, 5.74) is 0.768. The molecule has 0 saturated heterocycles. The second-order valence-electron chi connectivity index (χ2n) is 7.05. The van der Waals surface area contributed by atoms with E-state index in [1.165, 1.54) is 18.5 Å². The first-order valence-corrected chi connectivity index (χ1v) is 8.05. The van der Waals surface area contributed by atoms with Crippen LogP contribution in [0.2, 0.25) is 0 Å². The topological polar surface area (TPSA) is 68.2 Å². The Labute approximate surface area is 132 Å². The van der Waals surface area contributed by atoms with Gasteiger partial charge in [0.25, 0.3) is 0 Å². The van der Waals surface area contributed by atoms with E-state index >= 15 is 0 Å². The highest BCUT2D eigenvalue weighted by atomic mass is 16.6. The Morgan fingerprint density at radius 1 is 1.45 bits per heavy atom. The van der Waals surface area contributed by atoms with Crippen LogP contribution in [0.4, 0.5) is 4.79 Å². The molecule has 1 saturated carbocycles. The van der Waals surface area contributed by atoms with Crippen LogP contribution in [0.5, 0.6) is 0 Å². The number of hydrogen-bond acceptors (Lipinski definition) is 4. The van der Waals surface area contributed by atoms with Crippen molar-refractivity contribution in [3.8, 4) is 0 Å². The van der Waals surface area contributed by atoms with Crippen LogP contribution in [0, 0.1) is 0 Å². The number of nitrogens with zero attached hydrogens (tertiary/aromatic N) is 2. The van der Waals surface area contributed by atoms with Gasteiger partial charge >= 0.3 is 6.09 Å². The van der Waals surface area contributed by atoms with Gasteiger partial charge in [-0.05, 0) is 40.5 Å². The first-order chi connectivity index (χ1) is 10.3. The summed E-state index contributed by atoms with van der Waals surface area (Å²) >= 11 is 0. The summed E-state index contributed by atoms with van der Waals surface area (Å²) < 4.78 is 7.31. The molecule has 1 aliphatic rings. The Hall–Kier alpha value is -1.56. The zero-order valence-corrected chi connectivity index (χ0v) is 14.1. The number of rotatable bonds is 7. The Morgan fingerprint density at radius 2 is 2.18 bits per heavy atom. The lowest BCUT2D eigenvalue weighted by atomic mass is 10.2. The van der Waals surface area contributed by atoms with E-state index in [9.17, 15) is 4.79 Å². The maximum atomic E-state index is 11.5. The highest BCUT2D eigenvalue weighted by Gasteiger charge is 2.25. The van der Waals surface area contributed by atoms with Crippen molar-refractivity contribution in [3.05, 3.63) is 18.2 Å². The Bertz CT molecular complexity index is 489. The fraction of sp³-hybridized carbons (Fsp3) is 0.750. The van der Waals surface area contributed by atoms with E-state index in [2.05, 4.69) is 33.3 Å². The van der Waals surface area contributed by atoms with Gasteiger partial charge < -0.3 is 19.9 Å². The molecule has 22 heavy (non-hydrogen) atoms. The molecule has 0 aromatic carbocycles. The number of imidazole rings is 1. The molecule has 1 atom stereocenters. The minimum absolute atomic E-state index is 0.321. The molecular formula is C16H28N4O2. The molecule has 1 aromatic heterocycles. The molecule has 0 aliphatic heterocycles. The number of nitrogens with one attached hydrogen (secondary N) is 2. The zero-order valence-electron chi connectivity index (χ0n) is 14.1. The smallest absolute Gasteiger partial charge is 0.407 e. The van der Waals surface area contributed by atoms with E-state index in [-0.39, 0.29) is 6.09 Å². The molecule has 0 unspecified atom stereocenters. The minimum atomic E-state index is -0.453. The van der Waals surface area contributed by atoms with Crippen molar-refractivity contribution in [2.24, 2.45) is 0 Å². The van der Waals surface area contributed by atoms with Crippen LogP contribution in [-0.4, -0.2) is 40.4 Å². The number of carbonyl (C=O) groups is 1. The van der Waals surface area contributed by atoms with Crippen LogP contribution >= 0.6 is 0 Å². The van der Waals surface area contributed by atoms with Crippen molar-refractivity contribution in [2.75, 3.05) is 13.1 Å². The SMILES string of the molecule is C[C@H](Cn1cnc(C2CC2)c1)NCCNC(=O)OC(C)(C)C.